The number of aromatic nitrogens is 4. The third-order valence-corrected chi connectivity index (χ3v) is 2.20. The molecule has 2 rings (SSSR count). The predicted molar refractivity (Wildman–Crippen MR) is 54.4 cm³/mol. The summed E-state index contributed by atoms with van der Waals surface area (Å²) in [6.07, 6.45) is 3.65. The molecule has 0 aliphatic rings. The van der Waals surface area contributed by atoms with E-state index in [-0.39, 0.29) is 0 Å². The Labute approximate surface area is 88.1 Å². The first-order chi connectivity index (χ1) is 7.29. The number of hydrogen-bond acceptors (Lipinski definition) is 4. The molecule has 5 nitrogen and oxygen atoms in total. The van der Waals surface area contributed by atoms with Gasteiger partial charge >= 0.3 is 0 Å². The van der Waals surface area contributed by atoms with Crippen molar-refractivity contribution in [3.63, 3.8) is 0 Å². The molecule has 0 radical (unpaired) electrons. The summed E-state index contributed by atoms with van der Waals surface area (Å²) in [5.74, 6) is 1.39. The van der Waals surface area contributed by atoms with Gasteiger partial charge in [0.1, 0.15) is 6.54 Å². The summed E-state index contributed by atoms with van der Waals surface area (Å²) in [7, 11) is 0. The van der Waals surface area contributed by atoms with Crippen LogP contribution >= 0.6 is 0 Å². The molecule has 0 fully saturated rings. The van der Waals surface area contributed by atoms with Gasteiger partial charge in [0.05, 0.1) is 0 Å². The van der Waals surface area contributed by atoms with E-state index in [4.69, 9.17) is 4.52 Å². The molecule has 0 aliphatic carbocycles. The van der Waals surface area contributed by atoms with Crippen LogP contribution in [-0.2, 0) is 13.0 Å². The monoisotopic (exact) mass is 206 g/mol. The second-order valence-electron chi connectivity index (χ2n) is 3.48. The summed E-state index contributed by atoms with van der Waals surface area (Å²) in [6, 6.07) is 1.95. The molecule has 0 saturated carbocycles. The van der Waals surface area contributed by atoms with E-state index in [1.165, 1.54) is 0 Å². The summed E-state index contributed by atoms with van der Waals surface area (Å²) < 4.78 is 6.96. The van der Waals surface area contributed by atoms with Gasteiger partial charge in [-0.05, 0) is 19.4 Å². The van der Waals surface area contributed by atoms with Gasteiger partial charge in [0.25, 0.3) is 0 Å². The van der Waals surface area contributed by atoms with Gasteiger partial charge in [0, 0.05) is 18.3 Å². The van der Waals surface area contributed by atoms with Gasteiger partial charge in [-0.2, -0.15) is 10.1 Å². The molecule has 0 unspecified atom stereocenters. The maximum atomic E-state index is 5.12. The minimum absolute atomic E-state index is 0.551. The van der Waals surface area contributed by atoms with E-state index < -0.39 is 0 Å². The van der Waals surface area contributed by atoms with Crippen LogP contribution in [0, 0.1) is 6.92 Å². The van der Waals surface area contributed by atoms with Crippen LogP contribution < -0.4 is 0 Å². The fourth-order valence-corrected chi connectivity index (χ4v) is 1.37. The molecule has 0 aliphatic heterocycles. The van der Waals surface area contributed by atoms with Crippen LogP contribution in [0.3, 0.4) is 0 Å². The Morgan fingerprint density at radius 1 is 1.47 bits per heavy atom. The number of hydrogen-bond donors (Lipinski definition) is 0. The zero-order valence-electron chi connectivity index (χ0n) is 8.97. The van der Waals surface area contributed by atoms with Crippen LogP contribution in [-0.4, -0.2) is 19.9 Å². The lowest BCUT2D eigenvalue weighted by atomic mass is 10.3. The Bertz CT molecular complexity index is 432. The quantitative estimate of drug-likeness (QED) is 0.762. The Morgan fingerprint density at radius 2 is 2.33 bits per heavy atom. The van der Waals surface area contributed by atoms with Crippen molar-refractivity contribution in [2.75, 3.05) is 0 Å². The summed E-state index contributed by atoms with van der Waals surface area (Å²) in [4.78, 5) is 4.28. The van der Waals surface area contributed by atoms with Crippen molar-refractivity contribution in [1.29, 1.82) is 0 Å². The van der Waals surface area contributed by atoms with Gasteiger partial charge in [0.2, 0.25) is 5.89 Å². The maximum Gasteiger partial charge on any atom is 0.248 e. The van der Waals surface area contributed by atoms with E-state index in [0.29, 0.717) is 12.4 Å². The first-order valence-electron chi connectivity index (χ1n) is 5.09. The van der Waals surface area contributed by atoms with Gasteiger partial charge in [-0.15, -0.1) is 0 Å². The summed E-state index contributed by atoms with van der Waals surface area (Å²) in [5.41, 5.74) is 1.09. The summed E-state index contributed by atoms with van der Waals surface area (Å²) in [6.45, 7) is 4.64. The first-order valence-corrected chi connectivity index (χ1v) is 5.09. The molecular formula is C10H14N4O. The van der Waals surface area contributed by atoms with Crippen LogP contribution in [0.15, 0.2) is 16.8 Å². The van der Waals surface area contributed by atoms with E-state index >= 15 is 0 Å². The molecule has 2 aromatic rings. The van der Waals surface area contributed by atoms with E-state index in [1.807, 2.05) is 17.7 Å². The van der Waals surface area contributed by atoms with Crippen molar-refractivity contribution in [3.8, 4) is 0 Å². The fourth-order valence-electron chi connectivity index (χ4n) is 1.37. The highest BCUT2D eigenvalue weighted by atomic mass is 16.5. The van der Waals surface area contributed by atoms with Crippen molar-refractivity contribution in [2.45, 2.75) is 33.2 Å². The smallest absolute Gasteiger partial charge is 0.248 e. The van der Waals surface area contributed by atoms with Crippen molar-refractivity contribution in [1.82, 2.24) is 19.9 Å². The second-order valence-corrected chi connectivity index (χ2v) is 3.48. The minimum atomic E-state index is 0.551. The third-order valence-electron chi connectivity index (χ3n) is 2.20. The third kappa shape index (κ3) is 2.23. The maximum absolute atomic E-state index is 5.12. The Morgan fingerprint density at radius 3 is 3.00 bits per heavy atom. The van der Waals surface area contributed by atoms with Crippen molar-refractivity contribution >= 4 is 0 Å². The second kappa shape index (κ2) is 4.25. The normalized spacial score (nSPS) is 10.8. The van der Waals surface area contributed by atoms with Gasteiger partial charge in [0.15, 0.2) is 5.82 Å². The Hall–Kier alpha value is -1.65. The molecule has 0 aromatic carbocycles. The highest BCUT2D eigenvalue weighted by molar-refractivity contribution is 4.98. The van der Waals surface area contributed by atoms with Gasteiger partial charge < -0.3 is 4.52 Å². The van der Waals surface area contributed by atoms with Crippen molar-refractivity contribution < 1.29 is 4.52 Å². The van der Waals surface area contributed by atoms with Crippen molar-refractivity contribution in [2.24, 2.45) is 0 Å². The average molecular weight is 206 g/mol. The molecular weight excluding hydrogens is 192 g/mol. The zero-order chi connectivity index (χ0) is 10.7. The molecule has 0 saturated heterocycles. The first kappa shape index (κ1) is 9.89. The lowest BCUT2D eigenvalue weighted by molar-refractivity contribution is 0.360. The van der Waals surface area contributed by atoms with E-state index in [0.717, 1.165) is 24.4 Å². The van der Waals surface area contributed by atoms with E-state index in [9.17, 15) is 0 Å². The molecule has 15 heavy (non-hydrogen) atoms. The minimum Gasteiger partial charge on any atom is -0.337 e. The van der Waals surface area contributed by atoms with E-state index in [2.05, 4.69) is 22.2 Å². The fraction of sp³-hybridized carbons (Fsp3) is 0.500. The highest BCUT2D eigenvalue weighted by Gasteiger charge is 2.07. The lowest BCUT2D eigenvalue weighted by Crippen LogP contribution is -2.03. The van der Waals surface area contributed by atoms with Gasteiger partial charge in [-0.3, -0.25) is 4.68 Å². The molecule has 0 N–H and O–H groups in total. The van der Waals surface area contributed by atoms with Crippen molar-refractivity contribution in [3.05, 3.63) is 29.7 Å². The average Bonchev–Trinajstić information content (AvgIpc) is 2.79. The molecule has 2 aromatic heterocycles. The highest BCUT2D eigenvalue weighted by Crippen LogP contribution is 2.04. The van der Waals surface area contributed by atoms with Crippen LogP contribution in [0.25, 0.3) is 0 Å². The van der Waals surface area contributed by atoms with Crippen LogP contribution in [0.2, 0.25) is 0 Å². The molecule has 0 amide bonds. The molecule has 0 spiro atoms. The number of rotatable bonds is 4. The molecule has 5 heteroatoms. The molecule has 80 valence electrons. The molecule has 0 atom stereocenters. The van der Waals surface area contributed by atoms with Gasteiger partial charge in [-0.1, -0.05) is 12.1 Å². The Kier molecular flexibility index (Phi) is 2.80. The zero-order valence-corrected chi connectivity index (χ0v) is 8.97. The largest absolute Gasteiger partial charge is 0.337 e. The number of nitrogens with zero attached hydrogens (tertiary/aromatic N) is 4. The summed E-state index contributed by atoms with van der Waals surface area (Å²) in [5, 5.41) is 8.04. The topological polar surface area (TPSA) is 56.7 Å². The van der Waals surface area contributed by atoms with E-state index in [1.54, 1.807) is 6.20 Å². The number of aryl methyl sites for hydroxylation is 2. The molecule has 0 bridgehead atoms. The Balaban J connectivity index is 2.08. The SMILES string of the molecule is CCCc1noc(Cn2nccc2C)n1. The van der Waals surface area contributed by atoms with Gasteiger partial charge in [-0.25, -0.2) is 0 Å². The standard InChI is InChI=1S/C10H14N4O/c1-3-4-9-12-10(15-13-9)7-14-8(2)5-6-11-14/h5-6H,3-4,7H2,1-2H3. The van der Waals surface area contributed by atoms with Crippen LogP contribution in [0.5, 0.6) is 0 Å². The predicted octanol–water partition coefficient (Wildman–Crippen LogP) is 1.58. The van der Waals surface area contributed by atoms with Crippen LogP contribution in [0.1, 0.15) is 30.8 Å². The molecule has 2 heterocycles. The van der Waals surface area contributed by atoms with Crippen LogP contribution in [0.4, 0.5) is 0 Å². The lowest BCUT2D eigenvalue weighted by Gasteiger charge is -1.98. The summed E-state index contributed by atoms with van der Waals surface area (Å²) >= 11 is 0.